The Labute approximate surface area is 345 Å². The summed E-state index contributed by atoms with van der Waals surface area (Å²) in [4.78, 5) is 19.0. The van der Waals surface area contributed by atoms with Crippen LogP contribution in [0.2, 0.25) is 0 Å². The van der Waals surface area contributed by atoms with E-state index in [1.165, 1.54) is 7.11 Å². The van der Waals surface area contributed by atoms with Crippen molar-refractivity contribution in [2.24, 2.45) is 20.5 Å². The number of methoxy groups -OCH3 is 2. The van der Waals surface area contributed by atoms with Crippen molar-refractivity contribution in [2.75, 3.05) is 25.0 Å². The molecule has 0 aliphatic rings. The molecule has 0 heterocycles. The maximum Gasteiger partial charge on any atom is 0.259 e. The molecule has 12 nitrogen and oxygen atoms in total. The molecule has 296 valence electrons. The fraction of sp³-hybridized carbons (Fsp3) is 0.0625. The number of anilines is 2. The van der Waals surface area contributed by atoms with Crippen molar-refractivity contribution in [2.45, 2.75) is 6.61 Å². The van der Waals surface area contributed by atoms with Crippen LogP contribution in [0.4, 0.5) is 34.1 Å². The standard InChI is InChI=1S/C48H38N6O6/c1-58-42-27-30(21-23-40(42)50-52-44-37-19-11-9-13-32(37)25-34(46(44)55)29-60-54-36-17-7-4-8-18-36)31-22-24-41(43(28-31)59-2)51-53-45-38-20-12-10-14-33(38)26-39(47(45)56)48(57)49-35-15-5-3-6-16-35/h3-28,54-56H,29H2,1-2H3,(H,49,57). The highest BCUT2D eigenvalue weighted by Crippen LogP contribution is 2.43. The van der Waals surface area contributed by atoms with Crippen molar-refractivity contribution in [1.82, 2.24) is 0 Å². The molecule has 0 saturated heterocycles. The normalized spacial score (nSPS) is 11.4. The minimum Gasteiger partial charge on any atom is -0.505 e. The van der Waals surface area contributed by atoms with Gasteiger partial charge in [-0.2, -0.15) is 0 Å². The monoisotopic (exact) mass is 794 g/mol. The summed E-state index contributed by atoms with van der Waals surface area (Å²) in [5.41, 5.74) is 7.76. The minimum absolute atomic E-state index is 0.0445. The Kier molecular flexibility index (Phi) is 11.4. The number of carbonyl (C=O) groups is 1. The summed E-state index contributed by atoms with van der Waals surface area (Å²) in [5.74, 6) is 0.0485. The molecule has 0 bridgehead atoms. The highest BCUT2D eigenvalue weighted by Gasteiger charge is 2.19. The average Bonchev–Trinajstić information content (AvgIpc) is 3.29. The van der Waals surface area contributed by atoms with Gasteiger partial charge < -0.3 is 25.0 Å². The number of azo groups is 2. The van der Waals surface area contributed by atoms with Crippen molar-refractivity contribution < 1.29 is 29.3 Å². The number of carbonyl (C=O) groups excluding carboxylic acids is 1. The molecule has 0 radical (unpaired) electrons. The van der Waals surface area contributed by atoms with Gasteiger partial charge in [-0.1, -0.05) is 97.1 Å². The Hall–Kier alpha value is -8.09. The van der Waals surface area contributed by atoms with E-state index in [0.29, 0.717) is 50.6 Å². The second-order valence-electron chi connectivity index (χ2n) is 13.5. The molecule has 0 unspecified atom stereocenters. The zero-order valence-electron chi connectivity index (χ0n) is 32.5. The van der Waals surface area contributed by atoms with Crippen LogP contribution < -0.4 is 20.3 Å². The van der Waals surface area contributed by atoms with E-state index < -0.39 is 5.91 Å². The van der Waals surface area contributed by atoms with Crippen LogP contribution in [0.1, 0.15) is 15.9 Å². The van der Waals surface area contributed by atoms with Gasteiger partial charge in [0, 0.05) is 22.0 Å². The largest absolute Gasteiger partial charge is 0.505 e. The van der Waals surface area contributed by atoms with Crippen molar-refractivity contribution in [3.05, 3.63) is 169 Å². The molecule has 8 rings (SSSR count). The van der Waals surface area contributed by atoms with Gasteiger partial charge in [0.1, 0.15) is 46.6 Å². The molecule has 8 aromatic rings. The van der Waals surface area contributed by atoms with Gasteiger partial charge in [0.25, 0.3) is 5.91 Å². The third-order valence-electron chi connectivity index (χ3n) is 9.75. The first-order valence-corrected chi connectivity index (χ1v) is 18.9. The van der Waals surface area contributed by atoms with E-state index in [4.69, 9.17) is 14.3 Å². The lowest BCUT2D eigenvalue weighted by molar-refractivity contribution is 0.102. The molecule has 8 aromatic carbocycles. The Bertz CT molecular complexity index is 2900. The summed E-state index contributed by atoms with van der Waals surface area (Å²) in [7, 11) is 3.08. The molecular formula is C48H38N6O6. The number of aromatic hydroxyl groups is 2. The Morgan fingerprint density at radius 2 is 1.05 bits per heavy atom. The first kappa shape index (κ1) is 38.8. The van der Waals surface area contributed by atoms with Crippen LogP contribution in [0.5, 0.6) is 23.0 Å². The highest BCUT2D eigenvalue weighted by molar-refractivity contribution is 6.11. The molecule has 0 saturated carbocycles. The summed E-state index contributed by atoms with van der Waals surface area (Å²) in [6, 6.07) is 47.8. The fourth-order valence-corrected chi connectivity index (χ4v) is 6.69. The zero-order chi connectivity index (χ0) is 41.4. The van der Waals surface area contributed by atoms with E-state index in [9.17, 15) is 15.0 Å². The number of phenolic OH excluding ortho intramolecular Hbond substituents is 2. The van der Waals surface area contributed by atoms with Crippen molar-refractivity contribution in [1.29, 1.82) is 0 Å². The number of phenols is 2. The molecule has 0 spiro atoms. The molecule has 0 aromatic heterocycles. The first-order valence-electron chi connectivity index (χ1n) is 18.9. The highest BCUT2D eigenvalue weighted by atomic mass is 16.6. The third kappa shape index (κ3) is 8.30. The van der Waals surface area contributed by atoms with Crippen LogP contribution in [0.3, 0.4) is 0 Å². The van der Waals surface area contributed by atoms with Crippen LogP contribution in [-0.2, 0) is 11.4 Å². The number of nitrogens with zero attached hydrogens (tertiary/aromatic N) is 4. The van der Waals surface area contributed by atoms with E-state index >= 15 is 0 Å². The minimum atomic E-state index is -0.482. The Morgan fingerprint density at radius 1 is 0.550 bits per heavy atom. The predicted molar refractivity (Wildman–Crippen MR) is 234 cm³/mol. The lowest BCUT2D eigenvalue weighted by atomic mass is 10.0. The van der Waals surface area contributed by atoms with Crippen molar-refractivity contribution >= 4 is 61.6 Å². The molecule has 0 atom stereocenters. The van der Waals surface area contributed by atoms with Crippen LogP contribution in [0.25, 0.3) is 32.7 Å². The Morgan fingerprint density at radius 3 is 1.62 bits per heavy atom. The van der Waals surface area contributed by atoms with Crippen LogP contribution in [0.15, 0.2) is 178 Å². The van der Waals surface area contributed by atoms with Gasteiger partial charge in [-0.15, -0.1) is 20.5 Å². The van der Waals surface area contributed by atoms with Gasteiger partial charge in [-0.25, -0.2) is 0 Å². The van der Waals surface area contributed by atoms with E-state index in [2.05, 4.69) is 31.3 Å². The van der Waals surface area contributed by atoms with Gasteiger partial charge in [0.15, 0.2) is 5.75 Å². The van der Waals surface area contributed by atoms with Gasteiger partial charge in [-0.05, 0) is 82.6 Å². The first-order chi connectivity index (χ1) is 29.4. The summed E-state index contributed by atoms with van der Waals surface area (Å²) in [6.07, 6.45) is 0. The number of ether oxygens (including phenoxy) is 2. The molecule has 0 aliphatic heterocycles. The zero-order valence-corrected chi connectivity index (χ0v) is 32.5. The molecule has 0 aliphatic carbocycles. The Balaban J connectivity index is 1.05. The van der Waals surface area contributed by atoms with Gasteiger partial charge in [-0.3, -0.25) is 15.1 Å². The topological polar surface area (TPSA) is 159 Å². The fourth-order valence-electron chi connectivity index (χ4n) is 6.69. The lowest BCUT2D eigenvalue weighted by Gasteiger charge is -2.12. The van der Waals surface area contributed by atoms with Crippen LogP contribution >= 0.6 is 0 Å². The second kappa shape index (κ2) is 17.6. The van der Waals surface area contributed by atoms with E-state index in [1.807, 2.05) is 127 Å². The van der Waals surface area contributed by atoms with Crippen LogP contribution in [0, 0.1) is 0 Å². The third-order valence-corrected chi connectivity index (χ3v) is 9.75. The quantitative estimate of drug-likeness (QED) is 0.0668. The SMILES string of the molecule is COc1cc(-c2ccc(N=Nc3c(O)c(C(=O)Nc4ccccc4)cc4ccccc34)c(OC)c2)ccc1N=Nc1c(O)c(CONc2ccccc2)cc2ccccc12. The number of amides is 1. The summed E-state index contributed by atoms with van der Waals surface area (Å²) >= 11 is 0. The van der Waals surface area contributed by atoms with Crippen molar-refractivity contribution in [3.63, 3.8) is 0 Å². The van der Waals surface area contributed by atoms with Gasteiger partial charge in [0.2, 0.25) is 0 Å². The number of nitrogens with one attached hydrogen (secondary N) is 2. The molecule has 12 heteroatoms. The van der Waals surface area contributed by atoms with Gasteiger partial charge in [0.05, 0.1) is 25.5 Å². The maximum absolute atomic E-state index is 13.3. The second-order valence-corrected chi connectivity index (χ2v) is 13.5. The van der Waals surface area contributed by atoms with E-state index in [-0.39, 0.29) is 29.4 Å². The molecule has 0 fully saturated rings. The van der Waals surface area contributed by atoms with Crippen molar-refractivity contribution in [3.8, 4) is 34.1 Å². The number of para-hydroxylation sites is 2. The number of rotatable bonds is 13. The maximum atomic E-state index is 13.3. The summed E-state index contributed by atoms with van der Waals surface area (Å²) < 4.78 is 11.5. The molecule has 1 amide bonds. The smallest absolute Gasteiger partial charge is 0.259 e. The van der Waals surface area contributed by atoms with E-state index in [0.717, 1.165) is 27.6 Å². The molecule has 4 N–H and O–H groups in total. The number of hydrogen-bond acceptors (Lipinski definition) is 11. The van der Waals surface area contributed by atoms with Crippen LogP contribution in [-0.4, -0.2) is 30.3 Å². The lowest BCUT2D eigenvalue weighted by Crippen LogP contribution is -2.12. The summed E-state index contributed by atoms with van der Waals surface area (Å²) in [5, 5.41) is 46.4. The predicted octanol–water partition coefficient (Wildman–Crippen LogP) is 12.7. The summed E-state index contributed by atoms with van der Waals surface area (Å²) in [6.45, 7) is 0.0796. The number of benzene rings is 8. The number of hydrogen-bond donors (Lipinski definition) is 4. The van der Waals surface area contributed by atoms with Gasteiger partial charge >= 0.3 is 0 Å². The average molecular weight is 795 g/mol. The van der Waals surface area contributed by atoms with E-state index in [1.54, 1.807) is 37.4 Å². The number of fused-ring (bicyclic) bond motifs is 2. The molecule has 60 heavy (non-hydrogen) atoms. The molecular weight excluding hydrogens is 757 g/mol.